The molecular weight excluding hydrogens is 368 g/mol. The molecule has 1 N–H and O–H groups in total. The molecule has 3 nitrogen and oxygen atoms in total. The van der Waals surface area contributed by atoms with Crippen LogP contribution in [0.25, 0.3) is 0 Å². The molecule has 1 aliphatic carbocycles. The molecule has 0 radical (unpaired) electrons. The zero-order valence-corrected chi connectivity index (χ0v) is 15.0. The molecule has 124 valence electrons. The van der Waals surface area contributed by atoms with E-state index in [-0.39, 0.29) is 23.2 Å². The van der Waals surface area contributed by atoms with Crippen LogP contribution in [0.4, 0.5) is 0 Å². The van der Waals surface area contributed by atoms with Crippen molar-refractivity contribution in [1.29, 1.82) is 0 Å². The van der Waals surface area contributed by atoms with E-state index >= 15 is 0 Å². The third-order valence-electron chi connectivity index (χ3n) is 5.05. The summed E-state index contributed by atoms with van der Waals surface area (Å²) in [5.41, 5.74) is 0.772. The number of rotatable bonds is 5. The van der Waals surface area contributed by atoms with Gasteiger partial charge in [-0.15, -0.1) is 0 Å². The summed E-state index contributed by atoms with van der Waals surface area (Å²) < 4.78 is 0. The standard InChI is InChI=1S/C20H19BrO3/c1-2-20(11-13(12-21)14-7-5-6-10-17(14)22)18(23)15-8-3-4-9-16(15)19(20)24/h3-10,13,22H,2,11-12H2,1H3. The number of carbonyl (C=O) groups is 2. The maximum absolute atomic E-state index is 13.0. The Labute approximate surface area is 149 Å². The molecule has 3 rings (SSSR count). The maximum Gasteiger partial charge on any atom is 0.177 e. The highest BCUT2D eigenvalue weighted by Gasteiger charge is 2.52. The Hall–Kier alpha value is -1.94. The maximum atomic E-state index is 13.0. The molecule has 0 fully saturated rings. The predicted molar refractivity (Wildman–Crippen MR) is 97.1 cm³/mol. The van der Waals surface area contributed by atoms with Gasteiger partial charge in [-0.1, -0.05) is 65.3 Å². The fourth-order valence-electron chi connectivity index (χ4n) is 3.65. The number of ketones is 2. The molecule has 2 aromatic carbocycles. The highest BCUT2D eigenvalue weighted by molar-refractivity contribution is 9.09. The van der Waals surface area contributed by atoms with E-state index in [4.69, 9.17) is 0 Å². The molecule has 2 aromatic rings. The van der Waals surface area contributed by atoms with Crippen LogP contribution in [0.1, 0.15) is 52.0 Å². The average Bonchev–Trinajstić information content (AvgIpc) is 2.83. The summed E-state index contributed by atoms with van der Waals surface area (Å²) in [6, 6.07) is 14.2. The van der Waals surface area contributed by atoms with Gasteiger partial charge in [0, 0.05) is 16.5 Å². The molecule has 0 saturated heterocycles. The predicted octanol–water partition coefficient (Wildman–Crippen LogP) is 4.74. The fourth-order valence-corrected chi connectivity index (χ4v) is 4.23. The largest absolute Gasteiger partial charge is 0.508 e. The van der Waals surface area contributed by atoms with E-state index in [1.165, 1.54) is 0 Å². The number of alkyl halides is 1. The number of phenols is 1. The lowest BCUT2D eigenvalue weighted by molar-refractivity contribution is 0.0664. The van der Waals surface area contributed by atoms with Gasteiger partial charge in [-0.25, -0.2) is 0 Å². The topological polar surface area (TPSA) is 54.4 Å². The van der Waals surface area contributed by atoms with Crippen LogP contribution in [0.2, 0.25) is 0 Å². The van der Waals surface area contributed by atoms with Crippen molar-refractivity contribution in [2.24, 2.45) is 5.41 Å². The Morgan fingerprint density at radius 1 is 1.00 bits per heavy atom. The van der Waals surface area contributed by atoms with Crippen LogP contribution in [0, 0.1) is 5.41 Å². The van der Waals surface area contributed by atoms with E-state index in [0.29, 0.717) is 29.3 Å². The van der Waals surface area contributed by atoms with E-state index in [0.717, 1.165) is 5.56 Å². The molecule has 24 heavy (non-hydrogen) atoms. The lowest BCUT2D eigenvalue weighted by Gasteiger charge is -2.29. The summed E-state index contributed by atoms with van der Waals surface area (Å²) in [6.45, 7) is 1.89. The minimum Gasteiger partial charge on any atom is -0.508 e. The van der Waals surface area contributed by atoms with Crippen molar-refractivity contribution in [3.63, 3.8) is 0 Å². The lowest BCUT2D eigenvalue weighted by Crippen LogP contribution is -2.35. The van der Waals surface area contributed by atoms with E-state index in [9.17, 15) is 14.7 Å². The van der Waals surface area contributed by atoms with E-state index in [1.807, 2.05) is 19.1 Å². The van der Waals surface area contributed by atoms with Crippen LogP contribution in [0.15, 0.2) is 48.5 Å². The molecule has 0 aliphatic heterocycles. The fraction of sp³-hybridized carbons (Fsp3) is 0.300. The number of hydrogen-bond donors (Lipinski definition) is 1. The number of aromatic hydroxyl groups is 1. The van der Waals surface area contributed by atoms with Crippen molar-refractivity contribution in [3.8, 4) is 5.75 Å². The highest BCUT2D eigenvalue weighted by atomic mass is 79.9. The van der Waals surface area contributed by atoms with Crippen molar-refractivity contribution in [2.45, 2.75) is 25.7 Å². The lowest BCUT2D eigenvalue weighted by atomic mass is 9.72. The Morgan fingerprint density at radius 2 is 1.54 bits per heavy atom. The molecule has 0 saturated carbocycles. The van der Waals surface area contributed by atoms with Crippen LogP contribution >= 0.6 is 15.9 Å². The van der Waals surface area contributed by atoms with Gasteiger partial charge in [-0.05, 0) is 30.4 Å². The van der Waals surface area contributed by atoms with E-state index in [2.05, 4.69) is 15.9 Å². The minimum atomic E-state index is -1.04. The summed E-state index contributed by atoms with van der Waals surface area (Å²) in [5, 5.41) is 10.7. The van der Waals surface area contributed by atoms with Crippen molar-refractivity contribution in [3.05, 3.63) is 65.2 Å². The number of carbonyl (C=O) groups excluding carboxylic acids is 2. The Balaban J connectivity index is 2.02. The van der Waals surface area contributed by atoms with Gasteiger partial charge in [-0.2, -0.15) is 0 Å². The zero-order chi connectivity index (χ0) is 17.3. The third-order valence-corrected chi connectivity index (χ3v) is 5.83. The molecule has 4 heteroatoms. The Morgan fingerprint density at radius 3 is 2.04 bits per heavy atom. The smallest absolute Gasteiger partial charge is 0.177 e. The Kier molecular flexibility index (Phi) is 4.59. The second kappa shape index (κ2) is 6.52. The first-order valence-electron chi connectivity index (χ1n) is 8.07. The monoisotopic (exact) mass is 386 g/mol. The number of benzene rings is 2. The molecule has 1 aliphatic rings. The zero-order valence-electron chi connectivity index (χ0n) is 13.5. The van der Waals surface area contributed by atoms with Crippen molar-refractivity contribution in [1.82, 2.24) is 0 Å². The normalized spacial score (nSPS) is 16.9. The van der Waals surface area contributed by atoms with Gasteiger partial charge in [0.2, 0.25) is 0 Å². The van der Waals surface area contributed by atoms with Crippen molar-refractivity contribution < 1.29 is 14.7 Å². The first-order valence-corrected chi connectivity index (χ1v) is 9.19. The van der Waals surface area contributed by atoms with Gasteiger partial charge in [0.05, 0.1) is 5.41 Å². The van der Waals surface area contributed by atoms with Crippen LogP contribution in [-0.2, 0) is 0 Å². The number of halogens is 1. The first-order chi connectivity index (χ1) is 11.5. The minimum absolute atomic E-state index is 0.0908. The molecular formula is C20H19BrO3. The SMILES string of the molecule is CCC1(CC(CBr)c2ccccc2O)C(=O)c2ccccc2C1=O. The van der Waals surface area contributed by atoms with Crippen LogP contribution in [-0.4, -0.2) is 22.0 Å². The summed E-state index contributed by atoms with van der Waals surface area (Å²) in [5.74, 6) is -0.101. The van der Waals surface area contributed by atoms with Crippen molar-refractivity contribution in [2.75, 3.05) is 5.33 Å². The highest BCUT2D eigenvalue weighted by Crippen LogP contribution is 2.47. The summed E-state index contributed by atoms with van der Waals surface area (Å²) in [4.78, 5) is 26.1. The Bertz CT molecular complexity index is 762. The second-order valence-electron chi connectivity index (χ2n) is 6.25. The molecule has 0 heterocycles. The number of fused-ring (bicyclic) bond motifs is 1. The summed E-state index contributed by atoms with van der Waals surface area (Å²) in [7, 11) is 0. The van der Waals surface area contributed by atoms with Crippen molar-refractivity contribution >= 4 is 27.5 Å². The van der Waals surface area contributed by atoms with E-state index in [1.54, 1.807) is 36.4 Å². The van der Waals surface area contributed by atoms with Gasteiger partial charge in [0.15, 0.2) is 11.6 Å². The van der Waals surface area contributed by atoms with Crippen LogP contribution in [0.5, 0.6) is 5.75 Å². The quantitative estimate of drug-likeness (QED) is 0.596. The summed E-state index contributed by atoms with van der Waals surface area (Å²) in [6.07, 6.45) is 0.842. The number of phenolic OH excluding ortho intramolecular Hbond substituents is 1. The van der Waals surface area contributed by atoms with Crippen LogP contribution < -0.4 is 0 Å². The molecule has 0 amide bonds. The molecule has 1 unspecified atom stereocenters. The third kappa shape index (κ3) is 2.49. The molecule has 1 atom stereocenters. The summed E-state index contributed by atoms with van der Waals surface area (Å²) >= 11 is 3.49. The second-order valence-corrected chi connectivity index (χ2v) is 6.90. The number of hydrogen-bond acceptors (Lipinski definition) is 3. The van der Waals surface area contributed by atoms with Gasteiger partial charge >= 0.3 is 0 Å². The van der Waals surface area contributed by atoms with Gasteiger partial charge in [0.1, 0.15) is 5.75 Å². The first kappa shape index (κ1) is 16.9. The van der Waals surface area contributed by atoms with Gasteiger partial charge in [-0.3, -0.25) is 9.59 Å². The molecule has 0 spiro atoms. The molecule has 0 aromatic heterocycles. The number of Topliss-reactive ketones (excluding diaryl/α,β-unsaturated/α-hetero) is 2. The van der Waals surface area contributed by atoms with Crippen LogP contribution in [0.3, 0.4) is 0 Å². The average molecular weight is 387 g/mol. The van der Waals surface area contributed by atoms with Gasteiger partial charge in [0.25, 0.3) is 0 Å². The van der Waals surface area contributed by atoms with E-state index < -0.39 is 5.41 Å². The number of para-hydroxylation sites is 1. The molecule has 0 bridgehead atoms. The van der Waals surface area contributed by atoms with Gasteiger partial charge < -0.3 is 5.11 Å².